The lowest BCUT2D eigenvalue weighted by atomic mass is 9.80. The minimum absolute atomic E-state index is 0.0390. The summed E-state index contributed by atoms with van der Waals surface area (Å²) < 4.78 is 1.97. The molecule has 0 saturated carbocycles. The SMILES string of the molecule is Cc1cccnc1-c1nc2c(N3CCC(C)(C(N)=O)CC3)nc(N(C)CCO)nc2n1-c1ccc(Cl)cc1. The highest BCUT2D eigenvalue weighted by molar-refractivity contribution is 6.30. The van der Waals surface area contributed by atoms with Crippen molar-refractivity contribution in [2.45, 2.75) is 26.7 Å². The van der Waals surface area contributed by atoms with Gasteiger partial charge in [-0.15, -0.1) is 0 Å². The predicted octanol–water partition coefficient (Wildman–Crippen LogP) is 3.36. The number of piperidine rings is 1. The smallest absolute Gasteiger partial charge is 0.229 e. The van der Waals surface area contributed by atoms with Gasteiger partial charge in [0.1, 0.15) is 5.69 Å². The molecule has 0 aliphatic carbocycles. The fraction of sp³-hybridized carbons (Fsp3) is 0.370. The fourth-order valence-electron chi connectivity index (χ4n) is 4.75. The van der Waals surface area contributed by atoms with E-state index in [-0.39, 0.29) is 12.5 Å². The zero-order chi connectivity index (χ0) is 27.0. The molecule has 0 spiro atoms. The summed E-state index contributed by atoms with van der Waals surface area (Å²) in [5.74, 6) is 1.48. The van der Waals surface area contributed by atoms with Gasteiger partial charge in [-0.05, 0) is 55.7 Å². The first kappa shape index (κ1) is 25.9. The molecule has 0 atom stereocenters. The van der Waals surface area contributed by atoms with Crippen LogP contribution in [0.25, 0.3) is 28.4 Å². The number of carbonyl (C=O) groups is 1. The van der Waals surface area contributed by atoms with Gasteiger partial charge in [0, 0.05) is 49.0 Å². The first-order valence-corrected chi connectivity index (χ1v) is 12.9. The largest absolute Gasteiger partial charge is 0.395 e. The predicted molar refractivity (Wildman–Crippen MR) is 149 cm³/mol. The third-order valence-corrected chi connectivity index (χ3v) is 7.57. The number of nitrogens with zero attached hydrogens (tertiary/aromatic N) is 7. The highest BCUT2D eigenvalue weighted by atomic mass is 35.5. The van der Waals surface area contributed by atoms with Crippen molar-refractivity contribution in [2.75, 3.05) is 43.1 Å². The number of nitrogens with two attached hydrogens (primary N) is 1. The molecule has 11 heteroatoms. The van der Waals surface area contributed by atoms with Gasteiger partial charge >= 0.3 is 0 Å². The summed E-state index contributed by atoms with van der Waals surface area (Å²) in [5, 5.41) is 10.2. The van der Waals surface area contributed by atoms with E-state index >= 15 is 0 Å². The molecule has 10 nitrogen and oxygen atoms in total. The summed E-state index contributed by atoms with van der Waals surface area (Å²) in [4.78, 5) is 35.6. The minimum atomic E-state index is -0.557. The molecule has 4 aromatic rings. The van der Waals surface area contributed by atoms with E-state index in [1.807, 2.05) is 66.8 Å². The van der Waals surface area contributed by atoms with Crippen molar-refractivity contribution in [1.29, 1.82) is 0 Å². The Morgan fingerprint density at radius 3 is 2.50 bits per heavy atom. The number of rotatable bonds is 7. The molecule has 198 valence electrons. The molecule has 1 fully saturated rings. The van der Waals surface area contributed by atoms with Gasteiger partial charge in [-0.3, -0.25) is 14.3 Å². The van der Waals surface area contributed by atoms with Crippen molar-refractivity contribution in [3.8, 4) is 17.2 Å². The van der Waals surface area contributed by atoms with Gasteiger partial charge in [0.05, 0.1) is 6.61 Å². The Bertz CT molecular complexity index is 1480. The number of aromatic nitrogens is 5. The van der Waals surface area contributed by atoms with Gasteiger partial charge in [0.25, 0.3) is 0 Å². The van der Waals surface area contributed by atoms with Gasteiger partial charge < -0.3 is 20.6 Å². The van der Waals surface area contributed by atoms with Crippen molar-refractivity contribution in [2.24, 2.45) is 11.1 Å². The van der Waals surface area contributed by atoms with Crippen molar-refractivity contribution >= 4 is 40.4 Å². The molecule has 1 saturated heterocycles. The van der Waals surface area contributed by atoms with Crippen LogP contribution in [-0.2, 0) is 4.79 Å². The Morgan fingerprint density at radius 1 is 1.16 bits per heavy atom. The summed E-state index contributed by atoms with van der Waals surface area (Å²) >= 11 is 6.21. The first-order valence-electron chi connectivity index (χ1n) is 12.6. The van der Waals surface area contributed by atoms with Gasteiger partial charge in [-0.2, -0.15) is 9.97 Å². The van der Waals surface area contributed by atoms with Crippen LogP contribution in [0.3, 0.4) is 0 Å². The first-order chi connectivity index (χ1) is 18.2. The maximum atomic E-state index is 12.1. The van der Waals surface area contributed by atoms with E-state index in [9.17, 15) is 9.90 Å². The number of primary amides is 1. The average molecular weight is 535 g/mol. The number of carbonyl (C=O) groups excluding carboxylic acids is 1. The number of benzene rings is 1. The molecule has 1 amide bonds. The molecular weight excluding hydrogens is 504 g/mol. The Labute approximate surface area is 226 Å². The molecule has 0 bridgehead atoms. The van der Waals surface area contributed by atoms with Crippen molar-refractivity contribution < 1.29 is 9.90 Å². The summed E-state index contributed by atoms with van der Waals surface area (Å²) in [6.45, 7) is 5.44. The summed E-state index contributed by atoms with van der Waals surface area (Å²) in [6.07, 6.45) is 2.97. The number of aliphatic hydroxyl groups is 1. The number of imidazole rings is 1. The quantitative estimate of drug-likeness (QED) is 0.369. The molecular formula is C27H31ClN8O2. The molecule has 38 heavy (non-hydrogen) atoms. The van der Waals surface area contributed by atoms with Crippen LogP contribution in [0, 0.1) is 12.3 Å². The standard InChI is InChI=1S/C27H31ClN8O2/c1-17-5-4-12-30-20(17)23-31-21-22(35-13-10-27(2,11-14-35)25(29)38)32-26(34(3)15-16-37)33-24(21)36(23)19-8-6-18(28)7-9-19/h4-9,12,37H,10-11,13-16H2,1-3H3,(H2,29,38). The number of halogens is 1. The molecule has 0 unspecified atom stereocenters. The monoisotopic (exact) mass is 534 g/mol. The van der Waals surface area contributed by atoms with Crippen LogP contribution >= 0.6 is 11.6 Å². The molecule has 5 rings (SSSR count). The van der Waals surface area contributed by atoms with E-state index in [4.69, 9.17) is 32.3 Å². The van der Waals surface area contributed by atoms with Gasteiger partial charge in [-0.1, -0.05) is 24.6 Å². The van der Waals surface area contributed by atoms with E-state index in [0.29, 0.717) is 66.3 Å². The molecule has 4 heterocycles. The van der Waals surface area contributed by atoms with Crippen molar-refractivity contribution in [1.82, 2.24) is 24.5 Å². The fourth-order valence-corrected chi connectivity index (χ4v) is 4.87. The Morgan fingerprint density at radius 2 is 1.87 bits per heavy atom. The maximum absolute atomic E-state index is 12.1. The third kappa shape index (κ3) is 4.65. The normalized spacial score (nSPS) is 15.1. The number of hydrogen-bond acceptors (Lipinski definition) is 8. The van der Waals surface area contributed by atoms with Crippen LogP contribution in [-0.4, -0.2) is 68.8 Å². The number of anilines is 2. The van der Waals surface area contributed by atoms with Crippen LogP contribution < -0.4 is 15.5 Å². The van der Waals surface area contributed by atoms with Gasteiger partial charge in [0.15, 0.2) is 22.8 Å². The summed E-state index contributed by atoms with van der Waals surface area (Å²) in [7, 11) is 1.84. The van der Waals surface area contributed by atoms with Crippen LogP contribution in [0.4, 0.5) is 11.8 Å². The number of hydrogen-bond donors (Lipinski definition) is 2. The number of pyridine rings is 1. The van der Waals surface area contributed by atoms with Crippen LogP contribution in [0.15, 0.2) is 42.6 Å². The number of aryl methyl sites for hydroxylation is 1. The number of aliphatic hydroxyl groups excluding tert-OH is 1. The van der Waals surface area contributed by atoms with Crippen molar-refractivity contribution in [3.05, 3.63) is 53.2 Å². The highest BCUT2D eigenvalue weighted by Gasteiger charge is 2.37. The third-order valence-electron chi connectivity index (χ3n) is 7.32. The number of amides is 1. The average Bonchev–Trinajstić information content (AvgIpc) is 3.29. The molecule has 3 N–H and O–H groups in total. The van der Waals surface area contributed by atoms with E-state index in [1.54, 1.807) is 6.20 Å². The minimum Gasteiger partial charge on any atom is -0.395 e. The number of likely N-dealkylation sites (N-methyl/N-ethyl adjacent to an activating group) is 1. The molecule has 1 aliphatic heterocycles. The lowest BCUT2D eigenvalue weighted by Gasteiger charge is -2.38. The second-order valence-electron chi connectivity index (χ2n) is 9.99. The number of fused-ring (bicyclic) bond motifs is 1. The van der Waals surface area contributed by atoms with E-state index in [1.165, 1.54) is 0 Å². The second-order valence-corrected chi connectivity index (χ2v) is 10.4. The Hall–Kier alpha value is -3.76. The van der Waals surface area contributed by atoms with Gasteiger partial charge in [0.2, 0.25) is 11.9 Å². The zero-order valence-electron chi connectivity index (χ0n) is 21.7. The van der Waals surface area contributed by atoms with Crippen LogP contribution in [0.1, 0.15) is 25.3 Å². The Kier molecular flexibility index (Phi) is 6.93. The Balaban J connectivity index is 1.76. The van der Waals surface area contributed by atoms with E-state index < -0.39 is 5.41 Å². The van der Waals surface area contributed by atoms with Crippen LogP contribution in [0.2, 0.25) is 5.02 Å². The van der Waals surface area contributed by atoms with Crippen LogP contribution in [0.5, 0.6) is 0 Å². The maximum Gasteiger partial charge on any atom is 0.229 e. The molecule has 3 aromatic heterocycles. The molecule has 1 aliphatic rings. The topological polar surface area (TPSA) is 126 Å². The summed E-state index contributed by atoms with van der Waals surface area (Å²) in [6, 6.07) is 11.4. The summed E-state index contributed by atoms with van der Waals surface area (Å²) in [5.41, 5.74) is 8.92. The lowest BCUT2D eigenvalue weighted by molar-refractivity contribution is -0.127. The molecule has 0 radical (unpaired) electrons. The van der Waals surface area contributed by atoms with E-state index in [0.717, 1.165) is 16.9 Å². The zero-order valence-corrected chi connectivity index (χ0v) is 22.5. The van der Waals surface area contributed by atoms with E-state index in [2.05, 4.69) is 9.88 Å². The lowest BCUT2D eigenvalue weighted by Crippen LogP contribution is -2.45. The van der Waals surface area contributed by atoms with Crippen molar-refractivity contribution in [3.63, 3.8) is 0 Å². The highest BCUT2D eigenvalue weighted by Crippen LogP contribution is 2.37. The molecule has 1 aromatic carbocycles. The second kappa shape index (κ2) is 10.2. The van der Waals surface area contributed by atoms with Gasteiger partial charge in [-0.25, -0.2) is 4.98 Å².